The number of pyridine rings is 1. The molecule has 1 aliphatic rings. The molecule has 0 radical (unpaired) electrons. The molecule has 0 aliphatic carbocycles. The van der Waals surface area contributed by atoms with Crippen molar-refractivity contribution in [3.8, 4) is 0 Å². The Labute approximate surface area is 174 Å². The molecule has 0 saturated carbocycles. The summed E-state index contributed by atoms with van der Waals surface area (Å²) in [4.78, 5) is 32.6. The van der Waals surface area contributed by atoms with E-state index in [1.54, 1.807) is 17.2 Å². The molecule has 1 aliphatic heterocycles. The first-order chi connectivity index (χ1) is 13.3. The van der Waals surface area contributed by atoms with Crippen molar-refractivity contribution in [1.82, 2.24) is 14.3 Å². The van der Waals surface area contributed by atoms with Crippen molar-refractivity contribution in [2.45, 2.75) is 34.1 Å². The second kappa shape index (κ2) is 8.45. The Balaban J connectivity index is 2.12. The lowest BCUT2D eigenvalue weighted by Gasteiger charge is -2.16. The molecule has 0 aromatic carbocycles. The summed E-state index contributed by atoms with van der Waals surface area (Å²) in [5.74, 6) is 0.642. The number of hydrogen-bond donors (Lipinski definition) is 1. The maximum absolute atomic E-state index is 13.2. The van der Waals surface area contributed by atoms with Gasteiger partial charge in [0.05, 0.1) is 10.5 Å². The maximum atomic E-state index is 13.2. The van der Waals surface area contributed by atoms with Crippen molar-refractivity contribution in [2.75, 3.05) is 18.4 Å². The zero-order chi connectivity index (χ0) is 20.4. The molecule has 148 valence electrons. The third-order valence-corrected chi connectivity index (χ3v) is 5.62. The smallest absolute Gasteiger partial charge is 0.267 e. The highest BCUT2D eigenvalue weighted by Crippen LogP contribution is 2.33. The number of thiocarbonyl (C=S) groups is 1. The van der Waals surface area contributed by atoms with Crippen LogP contribution < -0.4 is 10.9 Å². The molecule has 3 heterocycles. The molecule has 2 aromatic rings. The molecule has 1 fully saturated rings. The van der Waals surface area contributed by atoms with E-state index in [2.05, 4.69) is 10.3 Å². The number of thioether (sulfide) groups is 1. The van der Waals surface area contributed by atoms with Crippen molar-refractivity contribution in [3.05, 3.63) is 44.7 Å². The van der Waals surface area contributed by atoms with Crippen LogP contribution in [0.3, 0.4) is 0 Å². The van der Waals surface area contributed by atoms with Crippen LogP contribution in [0, 0.1) is 12.8 Å². The van der Waals surface area contributed by atoms with E-state index in [1.807, 2.05) is 39.8 Å². The maximum Gasteiger partial charge on any atom is 0.267 e. The number of amides is 1. The largest absolute Gasteiger partial charge is 0.369 e. The highest BCUT2D eigenvalue weighted by Gasteiger charge is 2.32. The fourth-order valence-corrected chi connectivity index (χ4v) is 4.18. The predicted molar refractivity (Wildman–Crippen MR) is 120 cm³/mol. The lowest BCUT2D eigenvalue weighted by molar-refractivity contribution is -0.122. The summed E-state index contributed by atoms with van der Waals surface area (Å²) < 4.78 is 2.05. The van der Waals surface area contributed by atoms with E-state index in [0.29, 0.717) is 45.3 Å². The lowest BCUT2D eigenvalue weighted by atomic mass is 10.2. The SMILES string of the molecule is CCCNc1nc2ccc(C)cn2c(=O)c1C=C1SC(=S)N(CC(C)C)C1=O. The first-order valence-electron chi connectivity index (χ1n) is 9.34. The summed E-state index contributed by atoms with van der Waals surface area (Å²) in [5.41, 5.74) is 1.70. The third-order valence-electron chi connectivity index (χ3n) is 4.24. The van der Waals surface area contributed by atoms with Gasteiger partial charge in [-0.25, -0.2) is 4.98 Å². The van der Waals surface area contributed by atoms with Crippen molar-refractivity contribution in [3.63, 3.8) is 0 Å². The van der Waals surface area contributed by atoms with Crippen LogP contribution in [0.15, 0.2) is 28.0 Å². The summed E-state index contributed by atoms with van der Waals surface area (Å²) >= 11 is 6.61. The monoisotopic (exact) mass is 416 g/mol. The van der Waals surface area contributed by atoms with Gasteiger partial charge in [-0.3, -0.25) is 18.9 Å². The van der Waals surface area contributed by atoms with Crippen LogP contribution in [0.5, 0.6) is 0 Å². The fourth-order valence-electron chi connectivity index (χ4n) is 2.92. The van der Waals surface area contributed by atoms with E-state index in [9.17, 15) is 9.59 Å². The Hall–Kier alpha value is -2.19. The number of aromatic nitrogens is 2. The minimum atomic E-state index is -0.207. The normalized spacial score (nSPS) is 16.0. The third kappa shape index (κ3) is 4.12. The Morgan fingerprint density at radius 2 is 2.07 bits per heavy atom. The molecular weight excluding hydrogens is 392 g/mol. The Morgan fingerprint density at radius 3 is 2.75 bits per heavy atom. The van der Waals surface area contributed by atoms with Gasteiger partial charge in [0.1, 0.15) is 15.8 Å². The van der Waals surface area contributed by atoms with Crippen molar-refractivity contribution in [2.24, 2.45) is 5.92 Å². The van der Waals surface area contributed by atoms with Crippen molar-refractivity contribution >= 4 is 51.7 Å². The lowest BCUT2D eigenvalue weighted by Crippen LogP contribution is -2.31. The number of aryl methyl sites for hydroxylation is 1. The predicted octanol–water partition coefficient (Wildman–Crippen LogP) is 3.68. The molecule has 0 bridgehead atoms. The van der Waals surface area contributed by atoms with Crippen molar-refractivity contribution < 1.29 is 4.79 Å². The number of anilines is 1. The van der Waals surface area contributed by atoms with Crippen LogP contribution in [-0.2, 0) is 4.79 Å². The van der Waals surface area contributed by atoms with E-state index >= 15 is 0 Å². The first-order valence-corrected chi connectivity index (χ1v) is 10.6. The second-order valence-corrected chi connectivity index (χ2v) is 8.90. The average molecular weight is 417 g/mol. The summed E-state index contributed by atoms with van der Waals surface area (Å²) in [6.07, 6.45) is 4.28. The molecule has 1 amide bonds. The van der Waals surface area contributed by atoms with Gasteiger partial charge in [0.15, 0.2) is 0 Å². The zero-order valence-corrected chi connectivity index (χ0v) is 18.1. The van der Waals surface area contributed by atoms with Gasteiger partial charge in [-0.15, -0.1) is 0 Å². The van der Waals surface area contributed by atoms with E-state index in [4.69, 9.17) is 12.2 Å². The van der Waals surface area contributed by atoms with Crippen LogP contribution in [0.25, 0.3) is 11.7 Å². The highest BCUT2D eigenvalue weighted by atomic mass is 32.2. The number of carbonyl (C=O) groups excluding carboxylic acids is 1. The minimum Gasteiger partial charge on any atom is -0.369 e. The number of nitrogens with one attached hydrogen (secondary N) is 1. The van der Waals surface area contributed by atoms with Crippen LogP contribution in [0.4, 0.5) is 5.82 Å². The number of carbonyl (C=O) groups is 1. The molecule has 3 rings (SSSR count). The molecule has 1 N–H and O–H groups in total. The fraction of sp³-hybridized carbons (Fsp3) is 0.400. The average Bonchev–Trinajstić information content (AvgIpc) is 2.90. The summed E-state index contributed by atoms with van der Waals surface area (Å²) in [7, 11) is 0. The highest BCUT2D eigenvalue weighted by molar-refractivity contribution is 8.26. The van der Waals surface area contributed by atoms with Gasteiger partial charge in [-0.2, -0.15) is 0 Å². The number of nitrogens with zero attached hydrogens (tertiary/aromatic N) is 3. The summed E-state index contributed by atoms with van der Waals surface area (Å²) in [5, 5.41) is 3.22. The van der Waals surface area contributed by atoms with Gasteiger partial charge in [0.25, 0.3) is 11.5 Å². The zero-order valence-electron chi connectivity index (χ0n) is 16.5. The molecule has 1 saturated heterocycles. The Morgan fingerprint density at radius 1 is 1.32 bits per heavy atom. The molecule has 8 heteroatoms. The van der Waals surface area contributed by atoms with Gasteiger partial charge in [0.2, 0.25) is 0 Å². The van der Waals surface area contributed by atoms with Gasteiger partial charge in [-0.05, 0) is 37.0 Å². The second-order valence-electron chi connectivity index (χ2n) is 7.23. The van der Waals surface area contributed by atoms with Crippen LogP contribution in [-0.4, -0.2) is 37.6 Å². The van der Waals surface area contributed by atoms with E-state index in [-0.39, 0.29) is 11.5 Å². The number of rotatable bonds is 6. The molecule has 0 atom stereocenters. The summed E-state index contributed by atoms with van der Waals surface area (Å²) in [6.45, 7) is 9.29. The van der Waals surface area contributed by atoms with Gasteiger partial charge in [0, 0.05) is 19.3 Å². The summed E-state index contributed by atoms with van der Waals surface area (Å²) in [6, 6.07) is 3.74. The Bertz CT molecular complexity index is 1030. The molecule has 6 nitrogen and oxygen atoms in total. The van der Waals surface area contributed by atoms with Crippen LogP contribution in [0.2, 0.25) is 0 Å². The quantitative estimate of drug-likeness (QED) is 0.572. The minimum absolute atomic E-state index is 0.154. The molecule has 2 aromatic heterocycles. The molecule has 0 spiro atoms. The van der Waals surface area contributed by atoms with Gasteiger partial charge >= 0.3 is 0 Å². The standard InChI is InChI=1S/C20H24N4O2S2/c1-5-8-21-17-14(18(25)23-11-13(4)6-7-16(23)22-17)9-15-19(26)24(10-12(2)3)20(27)28-15/h6-7,9,11-12,21H,5,8,10H2,1-4H3. The van der Waals surface area contributed by atoms with Crippen LogP contribution >= 0.6 is 24.0 Å². The van der Waals surface area contributed by atoms with Crippen molar-refractivity contribution in [1.29, 1.82) is 0 Å². The first kappa shape index (κ1) is 20.5. The number of hydrogen-bond acceptors (Lipinski definition) is 6. The van der Waals surface area contributed by atoms with E-state index in [1.165, 1.54) is 16.2 Å². The van der Waals surface area contributed by atoms with E-state index in [0.717, 1.165) is 12.0 Å². The van der Waals surface area contributed by atoms with Crippen LogP contribution in [0.1, 0.15) is 38.3 Å². The Kier molecular flexibility index (Phi) is 6.20. The van der Waals surface area contributed by atoms with Gasteiger partial charge in [-0.1, -0.05) is 50.8 Å². The molecule has 0 unspecified atom stereocenters. The topological polar surface area (TPSA) is 66.7 Å². The molecular formula is C20H24N4O2S2. The van der Waals surface area contributed by atoms with E-state index < -0.39 is 0 Å². The molecule has 28 heavy (non-hydrogen) atoms. The number of fused-ring (bicyclic) bond motifs is 1. The van der Waals surface area contributed by atoms with Gasteiger partial charge < -0.3 is 5.32 Å².